The van der Waals surface area contributed by atoms with E-state index >= 15 is 0 Å². The van der Waals surface area contributed by atoms with E-state index in [1.807, 2.05) is 30.3 Å². The fourth-order valence-corrected chi connectivity index (χ4v) is 2.69. The van der Waals surface area contributed by atoms with Gasteiger partial charge in [0.15, 0.2) is 0 Å². The zero-order valence-corrected chi connectivity index (χ0v) is 11.7. The SMILES string of the molecule is O=C(O)C1=CCCN(C(=O)C2(Nc3ccccc3)CC2)C1. The fraction of sp³-hybridized carbons (Fsp3) is 0.375. The molecule has 5 nitrogen and oxygen atoms in total. The van der Waals surface area contributed by atoms with Crippen LogP contribution in [0.3, 0.4) is 0 Å². The third-order valence-electron chi connectivity index (χ3n) is 4.03. The zero-order chi connectivity index (χ0) is 14.9. The van der Waals surface area contributed by atoms with Crippen molar-refractivity contribution in [3.05, 3.63) is 42.0 Å². The molecule has 1 fully saturated rings. The highest BCUT2D eigenvalue weighted by molar-refractivity contribution is 5.94. The van der Waals surface area contributed by atoms with Gasteiger partial charge in [0.25, 0.3) is 0 Å². The van der Waals surface area contributed by atoms with Gasteiger partial charge in [-0.05, 0) is 31.4 Å². The predicted molar refractivity (Wildman–Crippen MR) is 78.9 cm³/mol. The van der Waals surface area contributed by atoms with Crippen molar-refractivity contribution in [2.75, 3.05) is 18.4 Å². The van der Waals surface area contributed by atoms with Crippen molar-refractivity contribution >= 4 is 17.6 Å². The number of carbonyl (C=O) groups excluding carboxylic acids is 1. The number of rotatable bonds is 4. The van der Waals surface area contributed by atoms with Crippen LogP contribution in [0.25, 0.3) is 0 Å². The Bertz CT molecular complexity index is 591. The first-order chi connectivity index (χ1) is 10.1. The number of anilines is 1. The van der Waals surface area contributed by atoms with Crippen LogP contribution in [0, 0.1) is 0 Å². The molecule has 0 bridgehead atoms. The van der Waals surface area contributed by atoms with Crippen LogP contribution in [0.5, 0.6) is 0 Å². The number of carboxylic acids is 1. The van der Waals surface area contributed by atoms with E-state index in [0.717, 1.165) is 18.5 Å². The molecular formula is C16H18N2O3. The zero-order valence-electron chi connectivity index (χ0n) is 11.7. The molecule has 21 heavy (non-hydrogen) atoms. The van der Waals surface area contributed by atoms with Gasteiger partial charge in [-0.15, -0.1) is 0 Å². The van der Waals surface area contributed by atoms with Crippen LogP contribution in [-0.2, 0) is 9.59 Å². The van der Waals surface area contributed by atoms with Crippen LogP contribution in [0.2, 0.25) is 0 Å². The van der Waals surface area contributed by atoms with E-state index in [4.69, 9.17) is 5.11 Å². The average Bonchev–Trinajstić information content (AvgIpc) is 3.28. The molecule has 1 aliphatic heterocycles. The Labute approximate surface area is 123 Å². The van der Waals surface area contributed by atoms with Crippen LogP contribution >= 0.6 is 0 Å². The first-order valence-electron chi connectivity index (χ1n) is 7.16. The van der Waals surface area contributed by atoms with Crippen LogP contribution in [0.15, 0.2) is 42.0 Å². The summed E-state index contributed by atoms with van der Waals surface area (Å²) in [5.41, 5.74) is 0.696. The molecule has 0 aromatic heterocycles. The van der Waals surface area contributed by atoms with Crippen LogP contribution in [0.4, 0.5) is 5.69 Å². The van der Waals surface area contributed by atoms with E-state index in [0.29, 0.717) is 18.5 Å². The summed E-state index contributed by atoms with van der Waals surface area (Å²) in [7, 11) is 0. The lowest BCUT2D eigenvalue weighted by molar-refractivity contribution is -0.135. The maximum Gasteiger partial charge on any atom is 0.333 e. The van der Waals surface area contributed by atoms with E-state index < -0.39 is 11.5 Å². The Balaban J connectivity index is 1.70. The van der Waals surface area contributed by atoms with Crippen molar-refractivity contribution < 1.29 is 14.7 Å². The molecule has 0 spiro atoms. The number of nitrogens with zero attached hydrogens (tertiary/aromatic N) is 1. The Morgan fingerprint density at radius 1 is 1.19 bits per heavy atom. The van der Waals surface area contributed by atoms with E-state index in [2.05, 4.69) is 5.32 Å². The topological polar surface area (TPSA) is 69.6 Å². The van der Waals surface area contributed by atoms with Crippen molar-refractivity contribution in [3.8, 4) is 0 Å². The second-order valence-electron chi connectivity index (χ2n) is 5.62. The van der Waals surface area contributed by atoms with Crippen molar-refractivity contribution in [1.29, 1.82) is 0 Å². The van der Waals surface area contributed by atoms with Gasteiger partial charge in [0, 0.05) is 12.2 Å². The monoisotopic (exact) mass is 286 g/mol. The molecule has 1 amide bonds. The van der Waals surface area contributed by atoms with E-state index in [1.165, 1.54) is 0 Å². The van der Waals surface area contributed by atoms with Gasteiger partial charge < -0.3 is 15.3 Å². The quantitative estimate of drug-likeness (QED) is 0.886. The van der Waals surface area contributed by atoms with Crippen molar-refractivity contribution in [2.45, 2.75) is 24.8 Å². The second-order valence-corrected chi connectivity index (χ2v) is 5.62. The Kier molecular flexibility index (Phi) is 3.41. The van der Waals surface area contributed by atoms with Gasteiger partial charge in [0.2, 0.25) is 5.91 Å². The summed E-state index contributed by atoms with van der Waals surface area (Å²) in [6.07, 6.45) is 3.90. The summed E-state index contributed by atoms with van der Waals surface area (Å²) in [5.74, 6) is -0.924. The van der Waals surface area contributed by atoms with Crippen LogP contribution in [-0.4, -0.2) is 40.5 Å². The molecule has 5 heteroatoms. The summed E-state index contributed by atoms with van der Waals surface area (Å²) in [5, 5.41) is 12.4. The molecule has 0 saturated heterocycles. The molecule has 3 rings (SSSR count). The third kappa shape index (κ3) is 2.77. The molecule has 2 N–H and O–H groups in total. The summed E-state index contributed by atoms with van der Waals surface area (Å²) >= 11 is 0. The molecule has 110 valence electrons. The lowest BCUT2D eigenvalue weighted by Gasteiger charge is -2.30. The Morgan fingerprint density at radius 2 is 1.90 bits per heavy atom. The van der Waals surface area contributed by atoms with Crippen molar-refractivity contribution in [1.82, 2.24) is 4.90 Å². The molecule has 1 aliphatic carbocycles. The number of carbonyl (C=O) groups is 2. The highest BCUT2D eigenvalue weighted by Crippen LogP contribution is 2.41. The number of amides is 1. The lowest BCUT2D eigenvalue weighted by Crippen LogP contribution is -2.47. The number of carboxylic acid groups (broad SMARTS) is 1. The van der Waals surface area contributed by atoms with Crippen LogP contribution < -0.4 is 5.32 Å². The number of hydrogen-bond acceptors (Lipinski definition) is 3. The number of nitrogens with one attached hydrogen (secondary N) is 1. The molecule has 1 aromatic carbocycles. The first kappa shape index (κ1) is 13.7. The molecular weight excluding hydrogens is 268 g/mol. The summed E-state index contributed by atoms with van der Waals surface area (Å²) in [6, 6.07) is 9.66. The van der Waals surface area contributed by atoms with Crippen LogP contribution in [0.1, 0.15) is 19.3 Å². The maximum atomic E-state index is 12.7. The van der Waals surface area contributed by atoms with Gasteiger partial charge in [-0.25, -0.2) is 4.79 Å². The van der Waals surface area contributed by atoms with Gasteiger partial charge in [-0.1, -0.05) is 24.3 Å². The highest BCUT2D eigenvalue weighted by Gasteiger charge is 2.52. The number of para-hydroxylation sites is 1. The van der Waals surface area contributed by atoms with Gasteiger partial charge in [0.05, 0.1) is 12.1 Å². The number of benzene rings is 1. The highest BCUT2D eigenvalue weighted by atomic mass is 16.4. The molecule has 2 aliphatic rings. The molecule has 0 radical (unpaired) electrons. The maximum absolute atomic E-state index is 12.7. The number of aliphatic carboxylic acids is 1. The minimum Gasteiger partial charge on any atom is -0.478 e. The second kappa shape index (κ2) is 5.24. The van der Waals surface area contributed by atoms with E-state index in [-0.39, 0.29) is 12.5 Å². The lowest BCUT2D eigenvalue weighted by atomic mass is 10.1. The Morgan fingerprint density at radius 3 is 2.52 bits per heavy atom. The van der Waals surface area contributed by atoms with Gasteiger partial charge in [-0.3, -0.25) is 4.79 Å². The minimum absolute atomic E-state index is 0.0122. The van der Waals surface area contributed by atoms with Crippen molar-refractivity contribution in [3.63, 3.8) is 0 Å². The molecule has 0 unspecified atom stereocenters. The minimum atomic E-state index is -0.937. The smallest absolute Gasteiger partial charge is 0.333 e. The van der Waals surface area contributed by atoms with E-state index in [9.17, 15) is 9.59 Å². The molecule has 1 aromatic rings. The summed E-state index contributed by atoms with van der Waals surface area (Å²) in [4.78, 5) is 25.4. The third-order valence-corrected chi connectivity index (χ3v) is 4.03. The molecule has 0 atom stereocenters. The van der Waals surface area contributed by atoms with Crippen molar-refractivity contribution in [2.24, 2.45) is 0 Å². The van der Waals surface area contributed by atoms with Gasteiger partial charge >= 0.3 is 5.97 Å². The van der Waals surface area contributed by atoms with Gasteiger partial charge in [0.1, 0.15) is 5.54 Å². The predicted octanol–water partition coefficient (Wildman–Crippen LogP) is 1.87. The van der Waals surface area contributed by atoms with Gasteiger partial charge in [-0.2, -0.15) is 0 Å². The molecule has 1 heterocycles. The normalized spacial score (nSPS) is 19.6. The summed E-state index contributed by atoms with van der Waals surface area (Å²) in [6.45, 7) is 0.792. The fourth-order valence-electron chi connectivity index (χ4n) is 2.69. The standard InChI is InChI=1S/C16H18N2O3/c19-14(20)12-5-4-10-18(11-12)15(21)16(8-9-16)17-13-6-2-1-3-7-13/h1-3,5-7,17H,4,8-11H2,(H,19,20). The average molecular weight is 286 g/mol. The largest absolute Gasteiger partial charge is 0.478 e. The number of hydrogen-bond donors (Lipinski definition) is 2. The van der Waals surface area contributed by atoms with E-state index in [1.54, 1.807) is 11.0 Å². The Hall–Kier alpha value is -2.30. The molecule has 1 saturated carbocycles. The summed E-state index contributed by atoms with van der Waals surface area (Å²) < 4.78 is 0. The first-order valence-corrected chi connectivity index (χ1v) is 7.16.